The number of ether oxygens (including phenoxy) is 2. The molecule has 2 aromatic rings. The molecule has 0 saturated heterocycles. The third kappa shape index (κ3) is 7.33. The number of rotatable bonds is 11. The van der Waals surface area contributed by atoms with Gasteiger partial charge < -0.3 is 14.6 Å². The van der Waals surface area contributed by atoms with Crippen LogP contribution < -0.4 is 0 Å². The van der Waals surface area contributed by atoms with Crippen molar-refractivity contribution in [1.82, 2.24) is 0 Å². The summed E-state index contributed by atoms with van der Waals surface area (Å²) in [5, 5.41) is 9.48. The molecule has 0 aliphatic carbocycles. The molecular formula is C22H25FO4. The molecule has 1 N–H and O–H groups in total. The third-order valence-corrected chi connectivity index (χ3v) is 4.29. The lowest BCUT2D eigenvalue weighted by atomic mass is 9.94. The number of carboxylic acids is 1. The monoisotopic (exact) mass is 372 g/mol. The van der Waals surface area contributed by atoms with E-state index in [4.69, 9.17) is 9.47 Å². The summed E-state index contributed by atoms with van der Waals surface area (Å²) in [4.78, 5) is 11.6. The summed E-state index contributed by atoms with van der Waals surface area (Å²) in [6.45, 7) is 0.941. The smallest absolute Gasteiger partial charge is 0.306 e. The number of aliphatic carboxylic acids is 1. The van der Waals surface area contributed by atoms with E-state index in [0.717, 1.165) is 11.1 Å². The van der Waals surface area contributed by atoms with E-state index in [1.54, 1.807) is 12.1 Å². The highest BCUT2D eigenvalue weighted by atomic mass is 19.1. The average Bonchev–Trinajstić information content (AvgIpc) is 2.68. The van der Waals surface area contributed by atoms with Crippen LogP contribution in [0.4, 0.5) is 4.39 Å². The second-order valence-electron chi connectivity index (χ2n) is 6.25. The number of carboxylic acid groups (broad SMARTS) is 1. The van der Waals surface area contributed by atoms with Crippen LogP contribution >= 0.6 is 0 Å². The largest absolute Gasteiger partial charge is 0.481 e. The molecule has 27 heavy (non-hydrogen) atoms. The Bertz CT molecular complexity index is 713. The Balaban J connectivity index is 1.81. The highest BCUT2D eigenvalue weighted by Crippen LogP contribution is 2.27. The van der Waals surface area contributed by atoms with E-state index in [2.05, 4.69) is 0 Å². The van der Waals surface area contributed by atoms with Crippen molar-refractivity contribution in [3.8, 4) is 0 Å². The minimum atomic E-state index is -0.881. The molecule has 0 heterocycles. The first-order chi connectivity index (χ1) is 13.1. The average molecular weight is 372 g/mol. The van der Waals surface area contributed by atoms with E-state index >= 15 is 0 Å². The molecule has 2 unspecified atom stereocenters. The van der Waals surface area contributed by atoms with Crippen molar-refractivity contribution >= 4 is 5.97 Å². The molecule has 2 aromatic carbocycles. The Morgan fingerprint density at radius 2 is 1.81 bits per heavy atom. The predicted octanol–water partition coefficient (Wildman–Crippen LogP) is 4.77. The highest BCUT2D eigenvalue weighted by molar-refractivity contribution is 5.70. The molecule has 0 saturated carbocycles. The van der Waals surface area contributed by atoms with Crippen LogP contribution in [0.1, 0.15) is 30.1 Å². The summed E-state index contributed by atoms with van der Waals surface area (Å²) in [7, 11) is 1.53. The van der Waals surface area contributed by atoms with Gasteiger partial charge in [0.2, 0.25) is 0 Å². The molecule has 2 rings (SSSR count). The molecule has 0 aliphatic heterocycles. The highest BCUT2D eigenvalue weighted by Gasteiger charge is 2.22. The van der Waals surface area contributed by atoms with Gasteiger partial charge >= 0.3 is 5.97 Å². The molecule has 0 bridgehead atoms. The van der Waals surface area contributed by atoms with Crippen molar-refractivity contribution in [2.75, 3.05) is 13.7 Å². The zero-order valence-corrected chi connectivity index (χ0v) is 15.4. The molecule has 0 aliphatic rings. The van der Waals surface area contributed by atoms with Gasteiger partial charge in [-0.25, -0.2) is 4.39 Å². The van der Waals surface area contributed by atoms with Gasteiger partial charge in [-0.3, -0.25) is 4.79 Å². The number of allylic oxidation sites excluding steroid dienone is 1. The lowest BCUT2D eigenvalue weighted by Crippen LogP contribution is -2.17. The molecule has 0 spiro atoms. The fourth-order valence-corrected chi connectivity index (χ4v) is 2.75. The van der Waals surface area contributed by atoms with Crippen molar-refractivity contribution in [3.05, 3.63) is 83.7 Å². The van der Waals surface area contributed by atoms with E-state index in [0.29, 0.717) is 26.1 Å². The molecule has 0 fully saturated rings. The number of hydrogen-bond donors (Lipinski definition) is 1. The van der Waals surface area contributed by atoms with E-state index in [1.807, 2.05) is 42.5 Å². The number of methoxy groups -OCH3 is 1. The first kappa shape index (κ1) is 20.8. The Kier molecular flexibility index (Phi) is 8.68. The summed E-state index contributed by atoms with van der Waals surface area (Å²) in [6, 6.07) is 15.8. The summed E-state index contributed by atoms with van der Waals surface area (Å²) >= 11 is 0. The van der Waals surface area contributed by atoms with Crippen LogP contribution in [0.5, 0.6) is 0 Å². The number of hydrogen-bond acceptors (Lipinski definition) is 3. The van der Waals surface area contributed by atoms with Gasteiger partial charge in [-0.15, -0.1) is 0 Å². The second kappa shape index (κ2) is 11.3. The molecule has 0 aromatic heterocycles. The number of benzene rings is 2. The summed E-state index contributed by atoms with van der Waals surface area (Å²) in [5.41, 5.74) is 1.86. The zero-order valence-electron chi connectivity index (χ0n) is 15.4. The minimum absolute atomic E-state index is 0.312. The fraction of sp³-hybridized carbons (Fsp3) is 0.318. The topological polar surface area (TPSA) is 55.8 Å². The maximum absolute atomic E-state index is 13.1. The van der Waals surface area contributed by atoms with Crippen LogP contribution in [0.3, 0.4) is 0 Å². The van der Waals surface area contributed by atoms with Crippen LogP contribution in [0.25, 0.3) is 0 Å². The molecule has 4 nitrogen and oxygen atoms in total. The maximum Gasteiger partial charge on any atom is 0.306 e. The minimum Gasteiger partial charge on any atom is -0.481 e. The van der Waals surface area contributed by atoms with Crippen LogP contribution in [-0.2, 0) is 20.9 Å². The van der Waals surface area contributed by atoms with Crippen LogP contribution in [0, 0.1) is 11.7 Å². The Labute approximate surface area is 159 Å². The van der Waals surface area contributed by atoms with Crippen molar-refractivity contribution in [2.45, 2.75) is 25.6 Å². The predicted molar refractivity (Wildman–Crippen MR) is 102 cm³/mol. The quantitative estimate of drug-likeness (QED) is 0.456. The summed E-state index contributed by atoms with van der Waals surface area (Å²) in [6.07, 6.45) is 3.95. The van der Waals surface area contributed by atoms with Crippen LogP contribution in [-0.4, -0.2) is 24.8 Å². The summed E-state index contributed by atoms with van der Waals surface area (Å²) in [5.74, 6) is -1.80. The van der Waals surface area contributed by atoms with Crippen molar-refractivity contribution in [1.29, 1.82) is 0 Å². The molecule has 5 heteroatoms. The Hall–Kier alpha value is -2.50. The zero-order chi connectivity index (χ0) is 19.5. The van der Waals surface area contributed by atoms with Gasteiger partial charge in [0.15, 0.2) is 0 Å². The van der Waals surface area contributed by atoms with E-state index in [-0.39, 0.29) is 5.82 Å². The van der Waals surface area contributed by atoms with E-state index in [1.165, 1.54) is 19.2 Å². The van der Waals surface area contributed by atoms with Gasteiger partial charge in [-0.05, 0) is 36.1 Å². The SMILES string of the molecule is COC(CC(C/C=C\COCc1ccccc1)C(=O)O)c1ccc(F)cc1. The number of carbonyl (C=O) groups is 1. The molecular weight excluding hydrogens is 347 g/mol. The standard InChI is InChI=1S/C22H25FO4/c1-26-21(18-10-12-20(23)13-11-18)15-19(22(24)25)9-5-6-14-27-16-17-7-3-2-4-8-17/h2-8,10-13,19,21H,9,14-16H2,1H3,(H,24,25)/b6-5-. The molecule has 2 atom stereocenters. The first-order valence-corrected chi connectivity index (χ1v) is 8.88. The van der Waals surface area contributed by atoms with E-state index < -0.39 is 18.0 Å². The lowest BCUT2D eigenvalue weighted by Gasteiger charge is -2.19. The maximum atomic E-state index is 13.1. The van der Waals surface area contributed by atoms with Gasteiger partial charge in [0.1, 0.15) is 5.82 Å². The summed E-state index contributed by atoms with van der Waals surface area (Å²) < 4.78 is 24.0. The fourth-order valence-electron chi connectivity index (χ4n) is 2.75. The van der Waals surface area contributed by atoms with E-state index in [9.17, 15) is 14.3 Å². The van der Waals surface area contributed by atoms with Crippen molar-refractivity contribution in [3.63, 3.8) is 0 Å². The van der Waals surface area contributed by atoms with Crippen LogP contribution in [0.15, 0.2) is 66.7 Å². The van der Waals surface area contributed by atoms with Gasteiger partial charge in [0, 0.05) is 7.11 Å². The van der Waals surface area contributed by atoms with Gasteiger partial charge in [-0.1, -0.05) is 54.6 Å². The molecule has 0 radical (unpaired) electrons. The second-order valence-corrected chi connectivity index (χ2v) is 6.25. The number of halogens is 1. The first-order valence-electron chi connectivity index (χ1n) is 8.88. The third-order valence-electron chi connectivity index (χ3n) is 4.29. The molecule has 0 amide bonds. The lowest BCUT2D eigenvalue weighted by molar-refractivity contribution is -0.143. The van der Waals surface area contributed by atoms with Crippen LogP contribution in [0.2, 0.25) is 0 Å². The van der Waals surface area contributed by atoms with Gasteiger partial charge in [0.05, 0.1) is 25.2 Å². The van der Waals surface area contributed by atoms with Crippen molar-refractivity contribution in [2.24, 2.45) is 5.92 Å². The molecule has 144 valence electrons. The van der Waals surface area contributed by atoms with Gasteiger partial charge in [0.25, 0.3) is 0 Å². The Morgan fingerprint density at radius 1 is 1.11 bits per heavy atom. The normalized spacial score (nSPS) is 13.6. The van der Waals surface area contributed by atoms with Crippen molar-refractivity contribution < 1.29 is 23.8 Å². The van der Waals surface area contributed by atoms with Gasteiger partial charge in [-0.2, -0.15) is 0 Å². The Morgan fingerprint density at radius 3 is 2.44 bits per heavy atom.